The summed E-state index contributed by atoms with van der Waals surface area (Å²) < 4.78 is 27.2. The van der Waals surface area contributed by atoms with Crippen LogP contribution in [0.1, 0.15) is 11.3 Å². The summed E-state index contributed by atoms with van der Waals surface area (Å²) >= 11 is 0. The number of nitrogens with zero attached hydrogens (tertiary/aromatic N) is 2. The number of hydrogen-bond acceptors (Lipinski definition) is 5. The highest BCUT2D eigenvalue weighted by Gasteiger charge is 2.23. The summed E-state index contributed by atoms with van der Waals surface area (Å²) in [5.41, 5.74) is 2.10. The average Bonchev–Trinajstić information content (AvgIpc) is 2.80. The predicted molar refractivity (Wildman–Crippen MR) is 80.8 cm³/mol. The molecule has 0 aliphatic heterocycles. The van der Waals surface area contributed by atoms with E-state index in [0.29, 0.717) is 11.4 Å². The molecule has 0 amide bonds. The van der Waals surface area contributed by atoms with Gasteiger partial charge in [-0.2, -0.15) is 13.5 Å². The molecule has 0 radical (unpaired) electrons. The largest absolute Gasteiger partial charge is 0.392 e. The van der Waals surface area contributed by atoms with Gasteiger partial charge in [-0.15, -0.1) is 0 Å². The van der Waals surface area contributed by atoms with Crippen molar-refractivity contribution in [2.24, 2.45) is 0 Å². The van der Waals surface area contributed by atoms with Crippen LogP contribution < -0.4 is 9.62 Å². The normalized spacial score (nSPS) is 11.4. The number of sulfonamides is 1. The second-order valence-corrected chi connectivity index (χ2v) is 6.44. The minimum atomic E-state index is -3.85. The van der Waals surface area contributed by atoms with E-state index >= 15 is 0 Å². The van der Waals surface area contributed by atoms with Gasteiger partial charge in [0.15, 0.2) is 0 Å². The lowest BCUT2D eigenvalue weighted by molar-refractivity contribution is 0.277. The highest BCUT2D eigenvalue weighted by atomic mass is 32.2. The Morgan fingerprint density at radius 1 is 1.38 bits per heavy atom. The predicted octanol–water partition coefficient (Wildman–Crippen LogP) is 1.08. The first-order valence-corrected chi connectivity index (χ1v) is 7.78. The third-order valence-corrected chi connectivity index (χ3v) is 4.41. The van der Waals surface area contributed by atoms with Crippen molar-refractivity contribution in [2.75, 3.05) is 23.7 Å². The fraction of sp³-hybridized carbons (Fsp3) is 0.308. The highest BCUT2D eigenvalue weighted by Crippen LogP contribution is 2.22. The summed E-state index contributed by atoms with van der Waals surface area (Å²) in [6.45, 7) is 1.26. The van der Waals surface area contributed by atoms with E-state index in [-0.39, 0.29) is 10.6 Å². The fourth-order valence-electron chi connectivity index (χ4n) is 1.89. The Morgan fingerprint density at radius 3 is 2.71 bits per heavy atom. The van der Waals surface area contributed by atoms with E-state index in [9.17, 15) is 13.5 Å². The van der Waals surface area contributed by atoms with Gasteiger partial charge in [0, 0.05) is 31.0 Å². The van der Waals surface area contributed by atoms with Gasteiger partial charge in [0.05, 0.1) is 12.3 Å². The second kappa shape index (κ2) is 5.74. The molecule has 1 aromatic heterocycles. The molecule has 0 fully saturated rings. The summed E-state index contributed by atoms with van der Waals surface area (Å²) in [6.07, 6.45) is 0. The van der Waals surface area contributed by atoms with Crippen LogP contribution >= 0.6 is 0 Å². The monoisotopic (exact) mass is 310 g/mol. The quantitative estimate of drug-likeness (QED) is 0.767. The minimum absolute atomic E-state index is 0.183. The molecule has 3 N–H and O–H groups in total. The Hall–Kier alpha value is -2.06. The van der Waals surface area contributed by atoms with Crippen molar-refractivity contribution < 1.29 is 13.5 Å². The van der Waals surface area contributed by atoms with Gasteiger partial charge >= 0.3 is 0 Å². The van der Waals surface area contributed by atoms with E-state index in [1.54, 1.807) is 25.1 Å². The van der Waals surface area contributed by atoms with Gasteiger partial charge in [0.2, 0.25) is 5.03 Å². The number of benzene rings is 1. The van der Waals surface area contributed by atoms with Gasteiger partial charge in [-0.1, -0.05) is 6.07 Å². The average molecular weight is 310 g/mol. The first-order valence-electron chi connectivity index (χ1n) is 6.30. The number of aromatic nitrogens is 2. The van der Waals surface area contributed by atoms with Crippen molar-refractivity contribution in [3.63, 3.8) is 0 Å². The Bertz CT molecular complexity index is 738. The summed E-state index contributed by atoms with van der Waals surface area (Å²) in [6, 6.07) is 7.00. The van der Waals surface area contributed by atoms with Crippen LogP contribution in [0.4, 0.5) is 11.4 Å². The van der Waals surface area contributed by atoms with E-state index in [2.05, 4.69) is 14.9 Å². The molecule has 0 bridgehead atoms. The molecule has 2 rings (SSSR count). The zero-order valence-corrected chi connectivity index (χ0v) is 12.9. The van der Waals surface area contributed by atoms with Crippen LogP contribution in [0.5, 0.6) is 0 Å². The molecule has 0 saturated carbocycles. The van der Waals surface area contributed by atoms with Crippen molar-refractivity contribution >= 4 is 21.4 Å². The Balaban J connectivity index is 2.35. The SMILES string of the molecule is Cc1[nH]nc(S(=O)(=O)Nc2cccc(N(C)C)c2)c1CO. The fourth-order valence-corrected chi connectivity index (χ4v) is 3.13. The van der Waals surface area contributed by atoms with Crippen molar-refractivity contribution in [2.45, 2.75) is 18.6 Å². The highest BCUT2D eigenvalue weighted by molar-refractivity contribution is 7.92. The Kier molecular flexibility index (Phi) is 4.19. The molecule has 0 unspecified atom stereocenters. The van der Waals surface area contributed by atoms with Crippen molar-refractivity contribution in [3.05, 3.63) is 35.5 Å². The molecular formula is C13H18N4O3S. The maximum absolute atomic E-state index is 12.4. The van der Waals surface area contributed by atoms with Crippen molar-refractivity contribution in [3.8, 4) is 0 Å². The smallest absolute Gasteiger partial charge is 0.281 e. The van der Waals surface area contributed by atoms with Crippen molar-refractivity contribution in [1.29, 1.82) is 0 Å². The summed E-state index contributed by atoms with van der Waals surface area (Å²) in [5.74, 6) is 0. The molecule has 1 aromatic carbocycles. The van der Waals surface area contributed by atoms with Gasteiger partial charge in [0.25, 0.3) is 10.0 Å². The number of aliphatic hydroxyl groups excluding tert-OH is 1. The maximum Gasteiger partial charge on any atom is 0.281 e. The number of aryl methyl sites for hydroxylation is 1. The van der Waals surface area contributed by atoms with E-state index in [1.807, 2.05) is 25.1 Å². The van der Waals surface area contributed by atoms with E-state index < -0.39 is 16.6 Å². The van der Waals surface area contributed by atoms with Gasteiger partial charge in [-0.05, 0) is 25.1 Å². The molecule has 7 nitrogen and oxygen atoms in total. The summed E-state index contributed by atoms with van der Waals surface area (Å²) in [7, 11) is -0.109. The molecule has 2 aromatic rings. The lowest BCUT2D eigenvalue weighted by Gasteiger charge is -2.14. The molecule has 1 heterocycles. The second-order valence-electron chi connectivity index (χ2n) is 4.84. The van der Waals surface area contributed by atoms with Crippen LogP contribution in [-0.2, 0) is 16.6 Å². The zero-order valence-electron chi connectivity index (χ0n) is 12.1. The number of aromatic amines is 1. The van der Waals surface area contributed by atoms with Crippen LogP contribution in [0.25, 0.3) is 0 Å². The van der Waals surface area contributed by atoms with Crippen LogP contribution in [0.2, 0.25) is 0 Å². The van der Waals surface area contributed by atoms with E-state index in [0.717, 1.165) is 5.69 Å². The standard InChI is InChI=1S/C13H18N4O3S/c1-9-12(8-18)13(15-14-9)21(19,20)16-10-5-4-6-11(7-10)17(2)3/h4-7,16,18H,8H2,1-3H3,(H,14,15). The molecule has 0 aliphatic rings. The Morgan fingerprint density at radius 2 is 2.10 bits per heavy atom. The lowest BCUT2D eigenvalue weighted by atomic mass is 10.3. The van der Waals surface area contributed by atoms with E-state index in [4.69, 9.17) is 0 Å². The number of rotatable bonds is 5. The van der Waals surface area contributed by atoms with Crippen molar-refractivity contribution in [1.82, 2.24) is 10.2 Å². The number of anilines is 2. The number of nitrogens with one attached hydrogen (secondary N) is 2. The van der Waals surface area contributed by atoms with Crippen LogP contribution in [0.15, 0.2) is 29.3 Å². The van der Waals surface area contributed by atoms with Crippen LogP contribution in [0.3, 0.4) is 0 Å². The van der Waals surface area contributed by atoms with Gasteiger partial charge in [0.1, 0.15) is 0 Å². The van der Waals surface area contributed by atoms with Gasteiger partial charge in [-0.25, -0.2) is 0 Å². The molecule has 0 aliphatic carbocycles. The molecular weight excluding hydrogens is 292 g/mol. The third-order valence-electron chi connectivity index (χ3n) is 3.06. The Labute approximate surface area is 123 Å². The molecule has 0 spiro atoms. The zero-order chi connectivity index (χ0) is 15.6. The molecule has 0 atom stereocenters. The van der Waals surface area contributed by atoms with E-state index in [1.165, 1.54) is 0 Å². The lowest BCUT2D eigenvalue weighted by Crippen LogP contribution is -2.16. The third kappa shape index (κ3) is 3.17. The first kappa shape index (κ1) is 15.3. The molecule has 114 valence electrons. The topological polar surface area (TPSA) is 98.3 Å². The first-order chi connectivity index (χ1) is 9.85. The number of hydrogen-bond donors (Lipinski definition) is 3. The molecule has 21 heavy (non-hydrogen) atoms. The molecule has 0 saturated heterocycles. The summed E-state index contributed by atoms with van der Waals surface area (Å²) in [4.78, 5) is 1.87. The number of aliphatic hydroxyl groups is 1. The minimum Gasteiger partial charge on any atom is -0.392 e. The van der Waals surface area contributed by atoms with Gasteiger partial charge in [-0.3, -0.25) is 9.82 Å². The van der Waals surface area contributed by atoms with Crippen LogP contribution in [0, 0.1) is 6.92 Å². The number of H-pyrrole nitrogens is 1. The molecule has 8 heteroatoms. The van der Waals surface area contributed by atoms with Gasteiger partial charge < -0.3 is 10.0 Å². The maximum atomic E-state index is 12.4. The van der Waals surface area contributed by atoms with Crippen LogP contribution in [-0.4, -0.2) is 37.8 Å². The summed E-state index contributed by atoms with van der Waals surface area (Å²) in [5, 5.41) is 15.4.